The molecule has 122 valence electrons. The lowest BCUT2D eigenvalue weighted by atomic mass is 10.0. The quantitative estimate of drug-likeness (QED) is 0.764. The molecule has 1 aromatic rings. The normalized spacial score (nSPS) is 19.3. The SMILES string of the molecule is COC(=O)c1cc(S(=O)(=O)N2CCNC(=O)CC2(C)C)c[nH]1. The van der Waals surface area contributed by atoms with Crippen molar-refractivity contribution in [1.82, 2.24) is 14.6 Å². The molecule has 1 fully saturated rings. The lowest BCUT2D eigenvalue weighted by molar-refractivity contribution is -0.121. The van der Waals surface area contributed by atoms with Crippen LogP contribution < -0.4 is 5.32 Å². The predicted molar refractivity (Wildman–Crippen MR) is 77.7 cm³/mol. The number of methoxy groups -OCH3 is 1. The van der Waals surface area contributed by atoms with Crippen molar-refractivity contribution in [1.29, 1.82) is 0 Å². The Bertz CT molecular complexity index is 692. The third-order valence-electron chi connectivity index (χ3n) is 3.56. The van der Waals surface area contributed by atoms with E-state index in [2.05, 4.69) is 15.0 Å². The van der Waals surface area contributed by atoms with Crippen molar-refractivity contribution >= 4 is 21.9 Å². The Hall–Kier alpha value is -1.87. The van der Waals surface area contributed by atoms with E-state index in [1.165, 1.54) is 23.7 Å². The van der Waals surface area contributed by atoms with Gasteiger partial charge >= 0.3 is 5.97 Å². The number of esters is 1. The van der Waals surface area contributed by atoms with E-state index >= 15 is 0 Å². The smallest absolute Gasteiger partial charge is 0.354 e. The van der Waals surface area contributed by atoms with Gasteiger partial charge in [0, 0.05) is 31.2 Å². The molecule has 8 nitrogen and oxygen atoms in total. The Balaban J connectivity index is 2.38. The molecule has 0 unspecified atom stereocenters. The Morgan fingerprint density at radius 1 is 1.41 bits per heavy atom. The minimum absolute atomic E-state index is 0.0321. The van der Waals surface area contributed by atoms with Crippen molar-refractivity contribution in [2.75, 3.05) is 20.2 Å². The second-order valence-electron chi connectivity index (χ2n) is 5.66. The molecular weight excluding hydrogens is 310 g/mol. The van der Waals surface area contributed by atoms with Crippen LogP contribution in [0.2, 0.25) is 0 Å². The zero-order chi connectivity index (χ0) is 16.5. The number of sulfonamides is 1. The number of amides is 1. The molecule has 1 saturated heterocycles. The molecule has 9 heteroatoms. The fourth-order valence-electron chi connectivity index (χ4n) is 2.47. The van der Waals surface area contributed by atoms with Gasteiger partial charge in [-0.2, -0.15) is 4.31 Å². The number of hydrogen-bond donors (Lipinski definition) is 2. The van der Waals surface area contributed by atoms with Gasteiger partial charge in [0.05, 0.1) is 7.11 Å². The van der Waals surface area contributed by atoms with E-state index in [1.807, 2.05) is 0 Å². The topological polar surface area (TPSA) is 109 Å². The van der Waals surface area contributed by atoms with Crippen molar-refractivity contribution in [3.63, 3.8) is 0 Å². The van der Waals surface area contributed by atoms with Crippen molar-refractivity contribution in [3.05, 3.63) is 18.0 Å². The van der Waals surface area contributed by atoms with Gasteiger partial charge in [0.15, 0.2) is 0 Å². The monoisotopic (exact) mass is 329 g/mol. The molecule has 2 heterocycles. The predicted octanol–water partition coefficient (Wildman–Crippen LogP) is 0.0905. The van der Waals surface area contributed by atoms with E-state index in [0.717, 1.165) is 0 Å². The van der Waals surface area contributed by atoms with Gasteiger partial charge in [0.2, 0.25) is 15.9 Å². The zero-order valence-electron chi connectivity index (χ0n) is 12.7. The first-order valence-corrected chi connectivity index (χ1v) is 8.19. The molecule has 1 aliphatic rings. The molecule has 22 heavy (non-hydrogen) atoms. The molecule has 1 amide bonds. The van der Waals surface area contributed by atoms with Gasteiger partial charge in [-0.05, 0) is 19.9 Å². The van der Waals surface area contributed by atoms with Crippen LogP contribution in [0.5, 0.6) is 0 Å². The first kappa shape index (κ1) is 16.5. The highest BCUT2D eigenvalue weighted by Crippen LogP contribution is 2.28. The van der Waals surface area contributed by atoms with Gasteiger partial charge in [0.1, 0.15) is 10.6 Å². The maximum atomic E-state index is 12.8. The molecule has 1 aromatic heterocycles. The number of nitrogens with zero attached hydrogens (tertiary/aromatic N) is 1. The minimum Gasteiger partial charge on any atom is -0.464 e. The molecular formula is C13H19N3O5S. The number of H-pyrrole nitrogens is 1. The summed E-state index contributed by atoms with van der Waals surface area (Å²) >= 11 is 0. The summed E-state index contributed by atoms with van der Waals surface area (Å²) in [5.41, 5.74) is -0.801. The van der Waals surface area contributed by atoms with Crippen molar-refractivity contribution in [2.45, 2.75) is 30.7 Å². The van der Waals surface area contributed by atoms with Crippen LogP contribution in [-0.4, -0.2) is 55.3 Å². The van der Waals surface area contributed by atoms with Gasteiger partial charge in [-0.15, -0.1) is 0 Å². The van der Waals surface area contributed by atoms with Gasteiger partial charge < -0.3 is 15.0 Å². The van der Waals surface area contributed by atoms with E-state index < -0.39 is 21.5 Å². The van der Waals surface area contributed by atoms with Crippen LogP contribution in [0, 0.1) is 0 Å². The highest BCUT2D eigenvalue weighted by Gasteiger charge is 2.40. The van der Waals surface area contributed by atoms with Crippen molar-refractivity contribution < 1.29 is 22.7 Å². The second kappa shape index (κ2) is 5.73. The molecule has 0 aliphatic carbocycles. The van der Waals surface area contributed by atoms with Crippen LogP contribution >= 0.6 is 0 Å². The summed E-state index contributed by atoms with van der Waals surface area (Å²) in [5, 5.41) is 2.66. The Morgan fingerprint density at radius 2 is 2.09 bits per heavy atom. The number of ether oxygens (including phenoxy) is 1. The summed E-state index contributed by atoms with van der Waals surface area (Å²) in [7, 11) is -2.62. The zero-order valence-corrected chi connectivity index (χ0v) is 13.5. The molecule has 0 bridgehead atoms. The number of hydrogen-bond acceptors (Lipinski definition) is 5. The Morgan fingerprint density at radius 3 is 2.73 bits per heavy atom. The number of rotatable bonds is 3. The minimum atomic E-state index is -3.84. The molecule has 0 radical (unpaired) electrons. The van der Waals surface area contributed by atoms with E-state index in [4.69, 9.17) is 0 Å². The largest absolute Gasteiger partial charge is 0.464 e. The third kappa shape index (κ3) is 3.00. The first-order valence-electron chi connectivity index (χ1n) is 6.75. The number of carbonyl (C=O) groups is 2. The standard InChI is InChI=1S/C13H19N3O5S/c1-13(2)7-11(17)14-4-5-16(13)22(19,20)9-6-10(15-8-9)12(18)21-3/h6,8,15H,4-5,7H2,1-3H3,(H,14,17). The third-order valence-corrected chi connectivity index (χ3v) is 5.64. The number of aromatic amines is 1. The fraction of sp³-hybridized carbons (Fsp3) is 0.538. The van der Waals surface area contributed by atoms with Crippen LogP contribution in [0.3, 0.4) is 0 Å². The van der Waals surface area contributed by atoms with Gasteiger partial charge in [-0.25, -0.2) is 13.2 Å². The average Bonchev–Trinajstić information content (AvgIpc) is 2.87. The summed E-state index contributed by atoms with van der Waals surface area (Å²) < 4.78 is 31.4. The van der Waals surface area contributed by atoms with E-state index in [1.54, 1.807) is 13.8 Å². The fourth-order valence-corrected chi connectivity index (χ4v) is 4.24. The highest BCUT2D eigenvalue weighted by molar-refractivity contribution is 7.89. The van der Waals surface area contributed by atoms with E-state index in [0.29, 0.717) is 0 Å². The Labute approximate surface area is 128 Å². The summed E-state index contributed by atoms with van der Waals surface area (Å²) in [6.07, 6.45) is 1.32. The summed E-state index contributed by atoms with van der Waals surface area (Å²) in [6, 6.07) is 1.23. The van der Waals surface area contributed by atoms with Crippen molar-refractivity contribution in [3.8, 4) is 0 Å². The van der Waals surface area contributed by atoms with Crippen LogP contribution in [-0.2, 0) is 19.6 Å². The second-order valence-corrected chi connectivity index (χ2v) is 7.52. The lowest BCUT2D eigenvalue weighted by Crippen LogP contribution is -2.48. The molecule has 2 rings (SSSR count). The highest BCUT2D eigenvalue weighted by atomic mass is 32.2. The van der Waals surface area contributed by atoms with Crippen LogP contribution in [0.25, 0.3) is 0 Å². The maximum Gasteiger partial charge on any atom is 0.354 e. The van der Waals surface area contributed by atoms with Gasteiger partial charge in [0.25, 0.3) is 0 Å². The van der Waals surface area contributed by atoms with E-state index in [9.17, 15) is 18.0 Å². The molecule has 0 aromatic carbocycles. The first-order chi connectivity index (χ1) is 10.2. The van der Waals surface area contributed by atoms with Crippen LogP contribution in [0.1, 0.15) is 30.8 Å². The van der Waals surface area contributed by atoms with Crippen LogP contribution in [0.15, 0.2) is 17.2 Å². The maximum absolute atomic E-state index is 12.8. The molecule has 0 saturated carbocycles. The summed E-state index contributed by atoms with van der Waals surface area (Å²) in [6.45, 7) is 3.81. The summed E-state index contributed by atoms with van der Waals surface area (Å²) in [4.78, 5) is 25.6. The number of nitrogens with one attached hydrogen (secondary N) is 2. The molecule has 2 N–H and O–H groups in total. The molecule has 0 atom stereocenters. The number of carbonyl (C=O) groups excluding carboxylic acids is 2. The summed E-state index contributed by atoms with van der Waals surface area (Å²) in [5.74, 6) is -0.833. The Kier molecular flexibility index (Phi) is 4.30. The molecule has 0 spiro atoms. The lowest BCUT2D eigenvalue weighted by Gasteiger charge is -2.34. The van der Waals surface area contributed by atoms with E-state index in [-0.39, 0.29) is 36.0 Å². The average molecular weight is 329 g/mol. The molecule has 1 aliphatic heterocycles. The number of aromatic nitrogens is 1. The van der Waals surface area contributed by atoms with Gasteiger partial charge in [-0.3, -0.25) is 4.79 Å². The van der Waals surface area contributed by atoms with Gasteiger partial charge in [-0.1, -0.05) is 0 Å². The van der Waals surface area contributed by atoms with Crippen molar-refractivity contribution in [2.24, 2.45) is 0 Å². The van der Waals surface area contributed by atoms with Crippen LogP contribution in [0.4, 0.5) is 0 Å².